The van der Waals surface area contributed by atoms with Crippen molar-refractivity contribution in [3.63, 3.8) is 0 Å². The summed E-state index contributed by atoms with van der Waals surface area (Å²) in [6, 6.07) is 15.0. The Morgan fingerprint density at radius 3 is 2.12 bits per heavy atom. The number of halogens is 1. The first-order valence-electron chi connectivity index (χ1n) is 10.1. The second kappa shape index (κ2) is 9.35. The van der Waals surface area contributed by atoms with E-state index in [1.165, 1.54) is 24.3 Å². The van der Waals surface area contributed by atoms with Gasteiger partial charge in [0.25, 0.3) is 15.9 Å². The number of benzene rings is 3. The molecule has 0 heterocycles. The molecule has 0 bridgehead atoms. The van der Waals surface area contributed by atoms with Crippen molar-refractivity contribution < 1.29 is 17.9 Å². The normalized spacial score (nSPS) is 11.3. The van der Waals surface area contributed by atoms with E-state index >= 15 is 0 Å². The van der Waals surface area contributed by atoms with Gasteiger partial charge >= 0.3 is 0 Å². The van der Waals surface area contributed by atoms with E-state index in [2.05, 4.69) is 0 Å². The first-order valence-corrected chi connectivity index (χ1v) is 11.9. The number of hydrogen-bond acceptors (Lipinski definition) is 4. The lowest BCUT2D eigenvalue weighted by atomic mass is 10.1. The van der Waals surface area contributed by atoms with Crippen LogP contribution in [-0.2, 0) is 14.8 Å². The maximum Gasteiger partial charge on any atom is 0.278 e. The molecule has 3 rings (SSSR count). The molecular weight excluding hydrogens is 446 g/mol. The molecule has 0 fully saturated rings. The Morgan fingerprint density at radius 2 is 1.47 bits per heavy atom. The summed E-state index contributed by atoms with van der Waals surface area (Å²) in [7, 11) is -4.20. The highest BCUT2D eigenvalue weighted by Gasteiger charge is 2.32. The number of aryl methyl sites for hydroxylation is 4. The molecule has 0 radical (unpaired) electrons. The van der Waals surface area contributed by atoms with Crippen molar-refractivity contribution in [3.8, 4) is 5.75 Å². The van der Waals surface area contributed by atoms with E-state index < -0.39 is 22.5 Å². The van der Waals surface area contributed by atoms with Gasteiger partial charge in [-0.15, -0.1) is 0 Å². The van der Waals surface area contributed by atoms with Gasteiger partial charge < -0.3 is 4.74 Å². The van der Waals surface area contributed by atoms with E-state index in [0.717, 1.165) is 26.6 Å². The molecule has 0 aromatic heterocycles. The third-order valence-electron chi connectivity index (χ3n) is 5.38. The first-order chi connectivity index (χ1) is 15.0. The summed E-state index contributed by atoms with van der Waals surface area (Å²) in [6.45, 7) is 8.94. The number of anilines is 1. The third-order valence-corrected chi connectivity index (χ3v) is 7.38. The van der Waals surface area contributed by atoms with Crippen molar-refractivity contribution in [3.05, 3.63) is 87.4 Å². The highest BCUT2D eigenvalue weighted by atomic mass is 35.5. The molecule has 3 aromatic carbocycles. The number of carbonyl (C=O) groups is 1. The molecule has 0 aliphatic carbocycles. The Balaban J connectivity index is 2.05. The highest BCUT2D eigenvalue weighted by molar-refractivity contribution is 7.93. The van der Waals surface area contributed by atoms with Crippen LogP contribution in [0.4, 0.5) is 5.69 Å². The summed E-state index contributed by atoms with van der Waals surface area (Å²) in [4.78, 5) is 13.3. The highest BCUT2D eigenvalue weighted by Crippen LogP contribution is 2.30. The fourth-order valence-corrected chi connectivity index (χ4v) is 4.98. The zero-order chi connectivity index (χ0) is 23.6. The fourth-order valence-electron chi connectivity index (χ4n) is 3.39. The summed E-state index contributed by atoms with van der Waals surface area (Å²) in [6.07, 6.45) is 0. The van der Waals surface area contributed by atoms with E-state index in [9.17, 15) is 13.2 Å². The minimum atomic E-state index is -4.20. The summed E-state index contributed by atoms with van der Waals surface area (Å²) < 4.78 is 33.8. The molecule has 5 nitrogen and oxygen atoms in total. The van der Waals surface area contributed by atoms with Gasteiger partial charge in [-0.1, -0.05) is 35.9 Å². The van der Waals surface area contributed by atoms with Crippen LogP contribution in [0.25, 0.3) is 0 Å². The topological polar surface area (TPSA) is 63.7 Å². The van der Waals surface area contributed by atoms with Crippen molar-refractivity contribution >= 4 is 33.2 Å². The quantitative estimate of drug-likeness (QED) is 0.463. The number of nitrogens with zero attached hydrogens (tertiary/aromatic N) is 1. The maximum atomic E-state index is 13.6. The largest absolute Gasteiger partial charge is 0.483 e. The van der Waals surface area contributed by atoms with Crippen molar-refractivity contribution in [1.82, 2.24) is 0 Å². The van der Waals surface area contributed by atoms with E-state index in [1.807, 2.05) is 45.9 Å². The number of rotatable bonds is 6. The van der Waals surface area contributed by atoms with Gasteiger partial charge in [0.15, 0.2) is 6.61 Å². The smallest absolute Gasteiger partial charge is 0.278 e. The molecule has 1 amide bonds. The van der Waals surface area contributed by atoms with Crippen LogP contribution in [-0.4, -0.2) is 20.9 Å². The predicted octanol–water partition coefficient (Wildman–Crippen LogP) is 5.68. The fraction of sp³-hybridized carbons (Fsp3) is 0.240. The number of amides is 1. The summed E-state index contributed by atoms with van der Waals surface area (Å²) in [5.41, 5.74) is 4.60. The lowest BCUT2D eigenvalue weighted by Crippen LogP contribution is -2.40. The number of hydrogen-bond donors (Lipinski definition) is 0. The Labute approximate surface area is 194 Å². The Kier molecular flexibility index (Phi) is 6.96. The SMILES string of the molecule is Cc1ccc(C)c(N(C(=O)COc2c(C)ccc(C)c2C)S(=O)(=O)c2ccc(Cl)cc2)c1. The van der Waals surface area contributed by atoms with Gasteiger partial charge in [0.1, 0.15) is 5.75 Å². The lowest BCUT2D eigenvalue weighted by Gasteiger charge is -2.25. The molecule has 0 saturated carbocycles. The van der Waals surface area contributed by atoms with Crippen LogP contribution in [0.3, 0.4) is 0 Å². The maximum absolute atomic E-state index is 13.6. The molecule has 0 aliphatic heterocycles. The number of sulfonamides is 1. The zero-order valence-corrected chi connectivity index (χ0v) is 20.3. The Hall–Kier alpha value is -2.83. The first kappa shape index (κ1) is 23.8. The van der Waals surface area contributed by atoms with Crippen molar-refractivity contribution in [2.75, 3.05) is 10.9 Å². The van der Waals surface area contributed by atoms with Crippen LogP contribution in [0, 0.1) is 34.6 Å². The van der Waals surface area contributed by atoms with Gasteiger partial charge in [-0.05, 0) is 92.8 Å². The van der Waals surface area contributed by atoms with E-state index in [0.29, 0.717) is 22.0 Å². The zero-order valence-electron chi connectivity index (χ0n) is 18.8. The van der Waals surface area contributed by atoms with Crippen LogP contribution < -0.4 is 9.04 Å². The standard InChI is InChI=1S/C25H26ClNO4S/c1-16-6-7-18(3)23(14-16)27(32(29,30)22-12-10-21(26)11-13-22)24(28)15-31-25-19(4)9-8-17(2)20(25)5/h6-14H,15H2,1-5H3. The van der Waals surface area contributed by atoms with E-state index in [-0.39, 0.29) is 4.90 Å². The molecule has 0 atom stereocenters. The van der Waals surface area contributed by atoms with Crippen LogP contribution in [0.15, 0.2) is 59.5 Å². The molecule has 168 valence electrons. The van der Waals surface area contributed by atoms with Crippen LogP contribution in [0.5, 0.6) is 5.75 Å². The predicted molar refractivity (Wildman–Crippen MR) is 128 cm³/mol. The molecule has 3 aromatic rings. The van der Waals surface area contributed by atoms with Crippen LogP contribution in [0.1, 0.15) is 27.8 Å². The van der Waals surface area contributed by atoms with Crippen LogP contribution in [0.2, 0.25) is 5.02 Å². The van der Waals surface area contributed by atoms with Crippen molar-refractivity contribution in [2.24, 2.45) is 0 Å². The molecule has 32 heavy (non-hydrogen) atoms. The second-order valence-corrected chi connectivity index (χ2v) is 10.1. The Morgan fingerprint density at radius 1 is 0.875 bits per heavy atom. The van der Waals surface area contributed by atoms with Gasteiger partial charge in [0.05, 0.1) is 10.6 Å². The monoisotopic (exact) mass is 471 g/mol. The van der Waals surface area contributed by atoms with E-state index in [1.54, 1.807) is 19.1 Å². The third kappa shape index (κ3) is 4.81. The van der Waals surface area contributed by atoms with Gasteiger partial charge in [0, 0.05) is 5.02 Å². The van der Waals surface area contributed by atoms with Crippen molar-refractivity contribution in [2.45, 2.75) is 39.5 Å². The molecule has 0 N–H and O–H groups in total. The average Bonchev–Trinajstić information content (AvgIpc) is 2.73. The molecule has 0 unspecified atom stereocenters. The number of ether oxygens (including phenoxy) is 1. The second-order valence-electron chi connectivity index (χ2n) is 7.85. The van der Waals surface area contributed by atoms with Gasteiger partial charge in [0.2, 0.25) is 0 Å². The summed E-state index contributed by atoms with van der Waals surface area (Å²) >= 11 is 5.93. The average molecular weight is 472 g/mol. The Bertz CT molecular complexity index is 1270. The molecule has 0 spiro atoms. The van der Waals surface area contributed by atoms with Gasteiger partial charge in [-0.3, -0.25) is 4.79 Å². The molecule has 0 aliphatic rings. The number of carbonyl (C=O) groups excluding carboxylic acids is 1. The minimum Gasteiger partial charge on any atom is -0.483 e. The van der Waals surface area contributed by atoms with E-state index in [4.69, 9.17) is 16.3 Å². The minimum absolute atomic E-state index is 0.0286. The molecule has 0 saturated heterocycles. The summed E-state index contributed by atoms with van der Waals surface area (Å²) in [5, 5.41) is 0.405. The molecular formula is C25H26ClNO4S. The van der Waals surface area contributed by atoms with Gasteiger partial charge in [-0.2, -0.15) is 4.31 Å². The van der Waals surface area contributed by atoms with Gasteiger partial charge in [-0.25, -0.2) is 8.42 Å². The summed E-state index contributed by atoms with van der Waals surface area (Å²) in [5.74, 6) is -0.0999. The molecule has 7 heteroatoms. The van der Waals surface area contributed by atoms with Crippen molar-refractivity contribution in [1.29, 1.82) is 0 Å². The lowest BCUT2D eigenvalue weighted by molar-refractivity contribution is -0.119. The van der Waals surface area contributed by atoms with Crippen LogP contribution >= 0.6 is 11.6 Å².